The highest BCUT2D eigenvalue weighted by atomic mass is 16.5. The van der Waals surface area contributed by atoms with E-state index in [0.717, 1.165) is 41.9 Å². The smallest absolute Gasteiger partial charge is 0.251 e. The standard InChI is InChI=1S/C24H28N8O2/c1-31-19(8-11-28-31)18-14-32-20(13-27-23(32)22(30-18)26-10-3-9-25)17-7-4-15(12-21(17)34-2)24(33)29-16-5-6-16/h4,7-8,11-14,16H,3,5-6,9-10,25H2,1-2H3,(H,26,30)(H,29,33). The van der Waals surface area contributed by atoms with Gasteiger partial charge in [0.25, 0.3) is 5.91 Å². The number of carbonyl (C=O) groups excluding carboxylic acids is 1. The van der Waals surface area contributed by atoms with E-state index in [1.54, 1.807) is 30.3 Å². The van der Waals surface area contributed by atoms with Crippen LogP contribution >= 0.6 is 0 Å². The molecular formula is C24H28N8O2. The van der Waals surface area contributed by atoms with Crippen LogP contribution in [0.1, 0.15) is 29.6 Å². The summed E-state index contributed by atoms with van der Waals surface area (Å²) >= 11 is 0. The number of nitrogens with one attached hydrogen (secondary N) is 2. The molecule has 4 aromatic rings. The van der Waals surface area contributed by atoms with Gasteiger partial charge in [-0.1, -0.05) is 0 Å². The Kier molecular flexibility index (Phi) is 5.89. The van der Waals surface area contributed by atoms with Crippen LogP contribution in [0.4, 0.5) is 5.82 Å². The SMILES string of the molecule is COc1cc(C(=O)NC2CC2)ccc1-c1cnc2c(NCCCN)nc(-c3ccnn3C)cn12. The zero-order valence-corrected chi connectivity index (χ0v) is 19.3. The molecule has 1 aromatic carbocycles. The minimum atomic E-state index is -0.0837. The van der Waals surface area contributed by atoms with Gasteiger partial charge in [0.15, 0.2) is 11.5 Å². The van der Waals surface area contributed by atoms with Crippen LogP contribution in [0, 0.1) is 0 Å². The molecule has 4 N–H and O–H groups in total. The van der Waals surface area contributed by atoms with Crippen LogP contribution in [0.3, 0.4) is 0 Å². The molecule has 1 saturated carbocycles. The van der Waals surface area contributed by atoms with Gasteiger partial charge in [-0.15, -0.1) is 0 Å². The quantitative estimate of drug-likeness (QED) is 0.328. The van der Waals surface area contributed by atoms with Gasteiger partial charge in [0.05, 0.1) is 24.7 Å². The molecule has 0 saturated heterocycles. The molecule has 10 heteroatoms. The molecule has 0 spiro atoms. The Bertz CT molecular complexity index is 1340. The molecule has 0 bridgehead atoms. The van der Waals surface area contributed by atoms with Gasteiger partial charge >= 0.3 is 0 Å². The number of carbonyl (C=O) groups is 1. The number of amides is 1. The van der Waals surface area contributed by atoms with Crippen LogP contribution in [0.2, 0.25) is 0 Å². The fraction of sp³-hybridized carbons (Fsp3) is 0.333. The first-order valence-electron chi connectivity index (χ1n) is 11.4. The summed E-state index contributed by atoms with van der Waals surface area (Å²) in [7, 11) is 3.49. The predicted octanol–water partition coefficient (Wildman–Crippen LogP) is 2.46. The fourth-order valence-corrected chi connectivity index (χ4v) is 3.90. The lowest BCUT2D eigenvalue weighted by atomic mass is 10.1. The Morgan fingerprint density at radius 3 is 2.82 bits per heavy atom. The summed E-state index contributed by atoms with van der Waals surface area (Å²) in [6.07, 6.45) is 8.37. The predicted molar refractivity (Wildman–Crippen MR) is 130 cm³/mol. The van der Waals surface area contributed by atoms with Gasteiger partial charge in [0.1, 0.15) is 11.4 Å². The summed E-state index contributed by atoms with van der Waals surface area (Å²) in [4.78, 5) is 22.0. The first-order chi connectivity index (χ1) is 16.6. The highest BCUT2D eigenvalue weighted by Gasteiger charge is 2.24. The maximum absolute atomic E-state index is 12.5. The number of hydrogen-bond donors (Lipinski definition) is 3. The van der Waals surface area contributed by atoms with E-state index in [1.807, 2.05) is 35.8 Å². The number of anilines is 1. The van der Waals surface area contributed by atoms with Crippen molar-refractivity contribution in [1.82, 2.24) is 29.5 Å². The van der Waals surface area contributed by atoms with Crippen LogP contribution in [0.25, 0.3) is 28.3 Å². The fourth-order valence-electron chi connectivity index (χ4n) is 3.90. The number of ether oxygens (including phenoxy) is 1. The van der Waals surface area contributed by atoms with Crippen molar-refractivity contribution in [3.8, 4) is 28.4 Å². The lowest BCUT2D eigenvalue weighted by Crippen LogP contribution is -2.25. The lowest BCUT2D eigenvalue weighted by molar-refractivity contribution is 0.0950. The van der Waals surface area contributed by atoms with Crippen molar-refractivity contribution in [2.24, 2.45) is 12.8 Å². The van der Waals surface area contributed by atoms with Crippen LogP contribution in [-0.2, 0) is 7.05 Å². The monoisotopic (exact) mass is 460 g/mol. The van der Waals surface area contributed by atoms with Gasteiger partial charge in [-0.25, -0.2) is 9.97 Å². The minimum absolute atomic E-state index is 0.0837. The van der Waals surface area contributed by atoms with Crippen molar-refractivity contribution in [2.45, 2.75) is 25.3 Å². The van der Waals surface area contributed by atoms with Gasteiger partial charge in [-0.2, -0.15) is 5.10 Å². The van der Waals surface area contributed by atoms with Gasteiger partial charge in [-0.3, -0.25) is 13.9 Å². The summed E-state index contributed by atoms with van der Waals surface area (Å²) in [5.74, 6) is 1.18. The van der Waals surface area contributed by atoms with Crippen molar-refractivity contribution in [2.75, 3.05) is 25.5 Å². The molecule has 0 unspecified atom stereocenters. The molecule has 1 amide bonds. The number of nitrogens with two attached hydrogens (primary N) is 1. The van der Waals surface area contributed by atoms with E-state index in [0.29, 0.717) is 41.9 Å². The number of nitrogens with zero attached hydrogens (tertiary/aromatic N) is 5. The van der Waals surface area contributed by atoms with Gasteiger partial charge in [0, 0.05) is 43.2 Å². The van der Waals surface area contributed by atoms with E-state index in [1.165, 1.54) is 0 Å². The number of aromatic nitrogens is 5. The average molecular weight is 461 g/mol. The number of rotatable bonds is 9. The summed E-state index contributed by atoms with van der Waals surface area (Å²) < 4.78 is 9.45. The van der Waals surface area contributed by atoms with Crippen LogP contribution < -0.4 is 21.1 Å². The van der Waals surface area contributed by atoms with E-state index in [9.17, 15) is 4.79 Å². The van der Waals surface area contributed by atoms with E-state index in [2.05, 4.69) is 20.7 Å². The maximum Gasteiger partial charge on any atom is 0.251 e. The average Bonchev–Trinajstić information content (AvgIpc) is 3.39. The van der Waals surface area contributed by atoms with Gasteiger partial charge in [0.2, 0.25) is 0 Å². The summed E-state index contributed by atoms with van der Waals surface area (Å²) in [5.41, 5.74) is 10.2. The largest absolute Gasteiger partial charge is 0.496 e. The van der Waals surface area contributed by atoms with E-state index in [4.69, 9.17) is 15.5 Å². The molecule has 3 heterocycles. The number of benzene rings is 1. The Morgan fingerprint density at radius 1 is 1.26 bits per heavy atom. The van der Waals surface area contributed by atoms with Crippen molar-refractivity contribution in [1.29, 1.82) is 0 Å². The zero-order valence-electron chi connectivity index (χ0n) is 19.3. The molecule has 34 heavy (non-hydrogen) atoms. The molecule has 0 radical (unpaired) electrons. The molecule has 0 atom stereocenters. The molecule has 1 fully saturated rings. The van der Waals surface area contributed by atoms with E-state index >= 15 is 0 Å². The van der Waals surface area contributed by atoms with Crippen molar-refractivity contribution >= 4 is 17.4 Å². The Balaban J connectivity index is 1.60. The number of imidazole rings is 1. The number of hydrogen-bond acceptors (Lipinski definition) is 7. The molecule has 0 aliphatic heterocycles. The molecule has 1 aliphatic rings. The highest BCUT2D eigenvalue weighted by Crippen LogP contribution is 2.34. The third kappa shape index (κ3) is 4.19. The third-order valence-corrected chi connectivity index (χ3v) is 5.90. The summed E-state index contributed by atoms with van der Waals surface area (Å²) in [5, 5.41) is 10.7. The number of aryl methyl sites for hydroxylation is 1. The Hall–Kier alpha value is -3.92. The van der Waals surface area contributed by atoms with E-state index < -0.39 is 0 Å². The first kappa shape index (κ1) is 21.9. The van der Waals surface area contributed by atoms with Crippen molar-refractivity contribution in [3.05, 3.63) is 48.4 Å². The molecule has 176 valence electrons. The maximum atomic E-state index is 12.5. The van der Waals surface area contributed by atoms with Crippen LogP contribution in [0.15, 0.2) is 42.9 Å². The van der Waals surface area contributed by atoms with Crippen LogP contribution in [-0.4, -0.2) is 56.3 Å². The molecule has 3 aromatic heterocycles. The summed E-state index contributed by atoms with van der Waals surface area (Å²) in [6, 6.07) is 7.70. The molecule has 10 nitrogen and oxygen atoms in total. The van der Waals surface area contributed by atoms with E-state index in [-0.39, 0.29) is 5.91 Å². The highest BCUT2D eigenvalue weighted by molar-refractivity contribution is 5.96. The summed E-state index contributed by atoms with van der Waals surface area (Å²) in [6.45, 7) is 1.27. The molecular weight excluding hydrogens is 432 g/mol. The van der Waals surface area contributed by atoms with Gasteiger partial charge < -0.3 is 21.1 Å². The second kappa shape index (κ2) is 9.14. The number of fused-ring (bicyclic) bond motifs is 1. The zero-order chi connectivity index (χ0) is 23.7. The first-order valence-corrected chi connectivity index (χ1v) is 11.4. The van der Waals surface area contributed by atoms with Crippen molar-refractivity contribution < 1.29 is 9.53 Å². The number of methoxy groups -OCH3 is 1. The van der Waals surface area contributed by atoms with Gasteiger partial charge in [-0.05, 0) is 50.1 Å². The normalized spacial score (nSPS) is 13.3. The Morgan fingerprint density at radius 2 is 2.12 bits per heavy atom. The molecule has 5 rings (SSSR count). The van der Waals surface area contributed by atoms with Crippen molar-refractivity contribution in [3.63, 3.8) is 0 Å². The third-order valence-electron chi connectivity index (χ3n) is 5.90. The minimum Gasteiger partial charge on any atom is -0.496 e. The lowest BCUT2D eigenvalue weighted by Gasteiger charge is -2.13. The molecule has 1 aliphatic carbocycles. The Labute approximate surface area is 197 Å². The second-order valence-corrected chi connectivity index (χ2v) is 8.38. The topological polar surface area (TPSA) is 124 Å². The second-order valence-electron chi connectivity index (χ2n) is 8.38. The van der Waals surface area contributed by atoms with Crippen LogP contribution in [0.5, 0.6) is 5.75 Å².